The predicted molar refractivity (Wildman–Crippen MR) is 104 cm³/mol. The van der Waals surface area contributed by atoms with Crippen LogP contribution in [0.1, 0.15) is 24.1 Å². The quantitative estimate of drug-likeness (QED) is 0.809. The van der Waals surface area contributed by atoms with Gasteiger partial charge in [0.05, 0.1) is 12.0 Å². The van der Waals surface area contributed by atoms with Crippen LogP contribution < -0.4 is 5.32 Å². The second-order valence-corrected chi connectivity index (χ2v) is 7.74. The van der Waals surface area contributed by atoms with E-state index >= 15 is 0 Å². The zero-order valence-corrected chi connectivity index (χ0v) is 16.2. The summed E-state index contributed by atoms with van der Waals surface area (Å²) >= 11 is 0. The maximum atomic E-state index is 13.6. The second-order valence-electron chi connectivity index (χ2n) is 7.74. The second kappa shape index (κ2) is 8.97. The molecule has 0 radical (unpaired) electrons. The number of halogens is 2. The first kappa shape index (κ1) is 19.9. The molecular formula is C22H25F2N3O2. The molecule has 0 unspecified atom stereocenters. The summed E-state index contributed by atoms with van der Waals surface area (Å²) in [7, 11) is 0. The molecule has 0 bridgehead atoms. The van der Waals surface area contributed by atoms with E-state index < -0.39 is 11.6 Å². The molecule has 3 atom stereocenters. The minimum absolute atomic E-state index is 0.000542. The van der Waals surface area contributed by atoms with Gasteiger partial charge in [-0.25, -0.2) is 8.78 Å². The average molecular weight is 401 g/mol. The number of pyridine rings is 1. The van der Waals surface area contributed by atoms with Crippen LogP contribution in [0.25, 0.3) is 0 Å². The third-order valence-corrected chi connectivity index (χ3v) is 5.76. The van der Waals surface area contributed by atoms with Gasteiger partial charge in [0.15, 0.2) is 11.6 Å². The van der Waals surface area contributed by atoms with Crippen molar-refractivity contribution in [3.05, 3.63) is 65.5 Å². The van der Waals surface area contributed by atoms with Crippen LogP contribution in [-0.4, -0.2) is 47.6 Å². The first-order valence-electron chi connectivity index (χ1n) is 10.1. The smallest absolute Gasteiger partial charge is 0.224 e. The van der Waals surface area contributed by atoms with E-state index in [-0.39, 0.29) is 24.0 Å². The van der Waals surface area contributed by atoms with Crippen LogP contribution in [0.15, 0.2) is 42.6 Å². The zero-order valence-electron chi connectivity index (χ0n) is 16.2. The molecule has 4 rings (SSSR count). The van der Waals surface area contributed by atoms with Gasteiger partial charge in [0.25, 0.3) is 0 Å². The highest BCUT2D eigenvalue weighted by atomic mass is 19.2. The van der Waals surface area contributed by atoms with Gasteiger partial charge in [0.2, 0.25) is 5.91 Å². The van der Waals surface area contributed by atoms with Crippen molar-refractivity contribution in [1.82, 2.24) is 15.2 Å². The lowest BCUT2D eigenvalue weighted by Gasteiger charge is -2.40. The molecule has 0 aliphatic carbocycles. The van der Waals surface area contributed by atoms with Crippen molar-refractivity contribution in [3.8, 4) is 0 Å². The van der Waals surface area contributed by atoms with Gasteiger partial charge in [-0.3, -0.25) is 14.7 Å². The molecule has 2 aliphatic heterocycles. The number of piperidine rings is 1. The van der Waals surface area contributed by atoms with Crippen LogP contribution in [0.3, 0.4) is 0 Å². The van der Waals surface area contributed by atoms with Crippen molar-refractivity contribution in [1.29, 1.82) is 0 Å². The van der Waals surface area contributed by atoms with Crippen molar-refractivity contribution in [2.75, 3.05) is 19.7 Å². The van der Waals surface area contributed by atoms with Crippen LogP contribution >= 0.6 is 0 Å². The molecule has 2 saturated heterocycles. The van der Waals surface area contributed by atoms with Gasteiger partial charge in [-0.15, -0.1) is 0 Å². The molecule has 5 nitrogen and oxygen atoms in total. The Bertz CT molecular complexity index is 849. The van der Waals surface area contributed by atoms with E-state index in [0.717, 1.165) is 18.2 Å². The van der Waals surface area contributed by atoms with Crippen molar-refractivity contribution < 1.29 is 18.3 Å². The number of carbonyl (C=O) groups is 1. The highest BCUT2D eigenvalue weighted by Crippen LogP contribution is 2.32. The number of aromatic nitrogens is 1. The minimum Gasteiger partial charge on any atom is -0.377 e. The van der Waals surface area contributed by atoms with Gasteiger partial charge in [0.1, 0.15) is 0 Å². The number of carbonyl (C=O) groups excluding carboxylic acids is 1. The third-order valence-electron chi connectivity index (χ3n) is 5.76. The summed E-state index contributed by atoms with van der Waals surface area (Å²) < 4.78 is 32.7. The van der Waals surface area contributed by atoms with Gasteiger partial charge < -0.3 is 10.1 Å². The summed E-state index contributed by atoms with van der Waals surface area (Å²) in [5.41, 5.74) is 1.64. The maximum absolute atomic E-state index is 13.6. The first-order chi connectivity index (χ1) is 14.1. The van der Waals surface area contributed by atoms with E-state index in [1.807, 2.05) is 18.2 Å². The van der Waals surface area contributed by atoms with Crippen molar-refractivity contribution >= 4 is 5.91 Å². The lowest BCUT2D eigenvalue weighted by atomic mass is 9.89. The van der Waals surface area contributed by atoms with Gasteiger partial charge in [-0.2, -0.15) is 0 Å². The number of benzene rings is 1. The molecule has 2 fully saturated rings. The van der Waals surface area contributed by atoms with E-state index in [9.17, 15) is 13.6 Å². The Labute approximate surface area is 169 Å². The number of fused-ring (bicyclic) bond motifs is 1. The van der Waals surface area contributed by atoms with Gasteiger partial charge in [-0.05, 0) is 42.7 Å². The van der Waals surface area contributed by atoms with Crippen LogP contribution in [0.4, 0.5) is 8.78 Å². The molecule has 1 amide bonds. The van der Waals surface area contributed by atoms with E-state index in [0.29, 0.717) is 44.6 Å². The number of hydrogen-bond donors (Lipinski definition) is 1. The van der Waals surface area contributed by atoms with Crippen molar-refractivity contribution in [3.63, 3.8) is 0 Å². The Morgan fingerprint density at radius 3 is 2.93 bits per heavy atom. The maximum Gasteiger partial charge on any atom is 0.224 e. The minimum atomic E-state index is -0.848. The molecule has 29 heavy (non-hydrogen) atoms. The fourth-order valence-electron chi connectivity index (χ4n) is 4.30. The Morgan fingerprint density at radius 1 is 1.24 bits per heavy atom. The fourth-order valence-corrected chi connectivity index (χ4v) is 4.30. The molecular weight excluding hydrogens is 376 g/mol. The standard InChI is InChI=1S/C22H25F2N3O2/c23-18-5-4-15(11-19(18)24)13-27-14-16(12-21-20(27)7-10-29-21)22(28)26-9-6-17-3-1-2-8-25-17/h1-5,8,11,16,20-21H,6-7,9-10,12-14H2,(H,26,28)/t16-,20+,21+/m0/s1. The van der Waals surface area contributed by atoms with Crippen molar-refractivity contribution in [2.24, 2.45) is 5.92 Å². The van der Waals surface area contributed by atoms with Crippen LogP contribution in [0.2, 0.25) is 0 Å². The molecule has 2 aromatic rings. The number of amides is 1. The number of rotatable bonds is 6. The summed E-state index contributed by atoms with van der Waals surface area (Å²) in [6.45, 7) is 2.25. The molecule has 1 aromatic heterocycles. The number of ether oxygens (including phenoxy) is 1. The van der Waals surface area contributed by atoms with E-state index in [1.54, 1.807) is 12.3 Å². The number of likely N-dealkylation sites (tertiary alicyclic amines) is 1. The summed E-state index contributed by atoms with van der Waals surface area (Å²) in [5.74, 6) is -1.88. The molecule has 1 N–H and O–H groups in total. The monoisotopic (exact) mass is 401 g/mol. The Morgan fingerprint density at radius 2 is 2.14 bits per heavy atom. The lowest BCUT2D eigenvalue weighted by Crippen LogP contribution is -2.52. The number of nitrogens with one attached hydrogen (secondary N) is 1. The molecule has 0 spiro atoms. The fraction of sp³-hybridized carbons (Fsp3) is 0.455. The summed E-state index contributed by atoms with van der Waals surface area (Å²) in [4.78, 5) is 19.2. The van der Waals surface area contributed by atoms with E-state index in [2.05, 4.69) is 15.2 Å². The largest absolute Gasteiger partial charge is 0.377 e. The van der Waals surface area contributed by atoms with Crippen LogP contribution in [0, 0.1) is 17.6 Å². The summed E-state index contributed by atoms with van der Waals surface area (Å²) in [6.07, 6.45) is 4.00. The highest BCUT2D eigenvalue weighted by Gasteiger charge is 2.42. The predicted octanol–water partition coefficient (Wildman–Crippen LogP) is 2.70. The molecule has 7 heteroatoms. The van der Waals surface area contributed by atoms with Crippen LogP contribution in [0.5, 0.6) is 0 Å². The normalized spacial score (nSPS) is 24.3. The van der Waals surface area contributed by atoms with Crippen molar-refractivity contribution in [2.45, 2.75) is 38.0 Å². The SMILES string of the molecule is O=C(NCCc1ccccn1)[C@H]1C[C@H]2OCC[C@H]2N(Cc2ccc(F)c(F)c2)C1. The Kier molecular flexibility index (Phi) is 6.16. The van der Waals surface area contributed by atoms with Crippen LogP contribution in [-0.2, 0) is 22.5 Å². The topological polar surface area (TPSA) is 54.5 Å². The van der Waals surface area contributed by atoms with Gasteiger partial charge >= 0.3 is 0 Å². The molecule has 3 heterocycles. The van der Waals surface area contributed by atoms with Gasteiger partial charge in [0, 0.05) is 50.6 Å². The third kappa shape index (κ3) is 4.79. The summed E-state index contributed by atoms with van der Waals surface area (Å²) in [6, 6.07) is 9.92. The van der Waals surface area contributed by atoms with E-state index in [4.69, 9.17) is 4.74 Å². The number of nitrogens with zero attached hydrogens (tertiary/aromatic N) is 2. The lowest BCUT2D eigenvalue weighted by molar-refractivity contribution is -0.129. The molecule has 0 saturated carbocycles. The summed E-state index contributed by atoms with van der Waals surface area (Å²) in [5, 5.41) is 3.01. The van der Waals surface area contributed by atoms with Gasteiger partial charge in [-0.1, -0.05) is 12.1 Å². The first-order valence-corrected chi connectivity index (χ1v) is 10.1. The molecule has 2 aliphatic rings. The highest BCUT2D eigenvalue weighted by molar-refractivity contribution is 5.79. The molecule has 1 aromatic carbocycles. The Hall–Kier alpha value is -2.38. The average Bonchev–Trinajstić information content (AvgIpc) is 3.20. The zero-order chi connectivity index (χ0) is 20.2. The number of hydrogen-bond acceptors (Lipinski definition) is 4. The Balaban J connectivity index is 1.37. The molecule has 154 valence electrons. The van der Waals surface area contributed by atoms with E-state index in [1.165, 1.54) is 6.07 Å².